The maximum atomic E-state index is 12.5. The van der Waals surface area contributed by atoms with Gasteiger partial charge in [-0.25, -0.2) is 0 Å². The van der Waals surface area contributed by atoms with Gasteiger partial charge in [0.25, 0.3) is 0 Å². The minimum atomic E-state index is 0.205. The van der Waals surface area contributed by atoms with Crippen molar-refractivity contribution in [2.24, 2.45) is 0 Å². The Hall–Kier alpha value is -2.56. The molecule has 1 unspecified atom stereocenters. The molecule has 0 bridgehead atoms. The number of likely N-dealkylation sites (tertiary alicyclic amines) is 1. The topological polar surface area (TPSA) is 54.5 Å². The van der Waals surface area contributed by atoms with Crippen LogP contribution in [-0.4, -0.2) is 42.0 Å². The zero-order valence-electron chi connectivity index (χ0n) is 13.9. The van der Waals surface area contributed by atoms with Crippen molar-refractivity contribution in [1.29, 1.82) is 0 Å². The first kappa shape index (κ1) is 16.3. The number of para-hydroxylation sites is 1. The van der Waals surface area contributed by atoms with Crippen LogP contribution in [0.15, 0.2) is 48.8 Å². The first-order valence-electron chi connectivity index (χ1n) is 8.32. The van der Waals surface area contributed by atoms with Crippen molar-refractivity contribution < 1.29 is 9.53 Å². The highest BCUT2D eigenvalue weighted by Crippen LogP contribution is 2.20. The molecule has 1 amide bonds. The average Bonchev–Trinajstić information content (AvgIpc) is 3.09. The van der Waals surface area contributed by atoms with E-state index in [-0.39, 0.29) is 5.91 Å². The van der Waals surface area contributed by atoms with Gasteiger partial charge in [-0.15, -0.1) is 0 Å². The second kappa shape index (κ2) is 7.81. The molecule has 1 aromatic heterocycles. The zero-order valence-corrected chi connectivity index (χ0v) is 13.9. The summed E-state index contributed by atoms with van der Waals surface area (Å²) >= 11 is 0. The lowest BCUT2D eigenvalue weighted by molar-refractivity contribution is -0.130. The highest BCUT2D eigenvalue weighted by atomic mass is 16.5. The van der Waals surface area contributed by atoms with Crippen LogP contribution in [0.25, 0.3) is 0 Å². The van der Waals surface area contributed by atoms with E-state index >= 15 is 0 Å². The van der Waals surface area contributed by atoms with E-state index in [9.17, 15) is 4.79 Å². The highest BCUT2D eigenvalue weighted by molar-refractivity contribution is 5.77. The molecule has 1 N–H and O–H groups in total. The number of nitrogens with zero attached hydrogens (tertiary/aromatic N) is 2. The van der Waals surface area contributed by atoms with Crippen molar-refractivity contribution in [3.63, 3.8) is 0 Å². The molecule has 5 heteroatoms. The summed E-state index contributed by atoms with van der Waals surface area (Å²) in [6, 6.07) is 12.1. The first-order valence-corrected chi connectivity index (χ1v) is 8.32. The van der Waals surface area contributed by atoms with Crippen LogP contribution >= 0.6 is 0 Å². The van der Waals surface area contributed by atoms with Crippen LogP contribution in [0, 0.1) is 0 Å². The summed E-state index contributed by atoms with van der Waals surface area (Å²) in [6.07, 6.45) is 5.76. The smallest absolute Gasteiger partial charge is 0.222 e. The fraction of sp³-hybridized carbons (Fsp3) is 0.368. The molecular formula is C19H23N3O2. The van der Waals surface area contributed by atoms with Gasteiger partial charge < -0.3 is 15.0 Å². The molecule has 1 saturated heterocycles. The fourth-order valence-corrected chi connectivity index (χ4v) is 3.10. The minimum absolute atomic E-state index is 0.205. The number of amides is 1. The molecule has 0 radical (unpaired) electrons. The van der Waals surface area contributed by atoms with E-state index in [4.69, 9.17) is 4.74 Å². The zero-order chi connectivity index (χ0) is 16.8. The second-order valence-corrected chi connectivity index (χ2v) is 6.02. The van der Waals surface area contributed by atoms with Crippen molar-refractivity contribution in [3.8, 4) is 5.75 Å². The highest BCUT2D eigenvalue weighted by Gasteiger charge is 2.25. The molecule has 24 heavy (non-hydrogen) atoms. The quantitative estimate of drug-likeness (QED) is 0.887. The van der Waals surface area contributed by atoms with Crippen LogP contribution in [0.3, 0.4) is 0 Å². The molecule has 0 aliphatic carbocycles. The first-order chi connectivity index (χ1) is 11.8. The number of aryl methyl sites for hydroxylation is 1. The molecule has 2 heterocycles. The number of pyridine rings is 1. The molecule has 0 saturated carbocycles. The maximum absolute atomic E-state index is 12.5. The summed E-state index contributed by atoms with van der Waals surface area (Å²) in [4.78, 5) is 18.5. The molecule has 1 aromatic carbocycles. The van der Waals surface area contributed by atoms with Crippen molar-refractivity contribution in [1.82, 2.24) is 9.88 Å². The molecule has 0 spiro atoms. The number of hydrogen-bond acceptors (Lipinski definition) is 4. The van der Waals surface area contributed by atoms with Gasteiger partial charge in [0.05, 0.1) is 12.8 Å². The average molecular weight is 325 g/mol. The van der Waals surface area contributed by atoms with Crippen LogP contribution in [0.5, 0.6) is 5.75 Å². The van der Waals surface area contributed by atoms with Crippen LogP contribution in [0.1, 0.15) is 18.4 Å². The predicted octanol–water partition coefficient (Wildman–Crippen LogP) is 2.74. The van der Waals surface area contributed by atoms with Crippen molar-refractivity contribution >= 4 is 11.6 Å². The normalized spacial score (nSPS) is 16.9. The third-order valence-corrected chi connectivity index (χ3v) is 4.37. The Bertz CT molecular complexity index is 675. The number of methoxy groups -OCH3 is 1. The van der Waals surface area contributed by atoms with Gasteiger partial charge in [0.1, 0.15) is 5.75 Å². The number of ether oxygens (including phenoxy) is 1. The Morgan fingerprint density at radius 1 is 1.33 bits per heavy atom. The van der Waals surface area contributed by atoms with E-state index in [0.29, 0.717) is 18.9 Å². The third-order valence-electron chi connectivity index (χ3n) is 4.37. The Balaban J connectivity index is 1.49. The molecule has 5 nitrogen and oxygen atoms in total. The van der Waals surface area contributed by atoms with E-state index in [1.807, 2.05) is 47.5 Å². The summed E-state index contributed by atoms with van der Waals surface area (Å²) in [5.41, 5.74) is 2.09. The van der Waals surface area contributed by atoms with Crippen molar-refractivity contribution in [2.75, 3.05) is 25.5 Å². The number of anilines is 1. The standard InChI is InChI=1S/C19H23N3O2/c1-24-18-7-3-2-5-15(18)8-9-19(23)22-12-10-17(14-22)21-16-6-4-11-20-13-16/h2-7,11,13,17,21H,8-10,12,14H2,1H3. The minimum Gasteiger partial charge on any atom is -0.496 e. The lowest BCUT2D eigenvalue weighted by Gasteiger charge is -2.18. The number of hydrogen-bond donors (Lipinski definition) is 1. The summed E-state index contributed by atoms with van der Waals surface area (Å²) in [5, 5.41) is 3.44. The monoisotopic (exact) mass is 325 g/mol. The van der Waals surface area contributed by atoms with Crippen molar-refractivity contribution in [2.45, 2.75) is 25.3 Å². The van der Waals surface area contributed by atoms with Crippen LogP contribution in [-0.2, 0) is 11.2 Å². The molecule has 126 valence electrons. The lowest BCUT2D eigenvalue weighted by atomic mass is 10.1. The lowest BCUT2D eigenvalue weighted by Crippen LogP contribution is -2.31. The Labute approximate surface area is 142 Å². The molecule has 1 fully saturated rings. The summed E-state index contributed by atoms with van der Waals surface area (Å²) in [6.45, 7) is 1.56. The number of carbonyl (C=O) groups is 1. The van der Waals surface area contributed by atoms with Gasteiger partial charge in [-0.2, -0.15) is 0 Å². The molecule has 2 aromatic rings. The van der Waals surface area contributed by atoms with Gasteiger partial charge in [-0.1, -0.05) is 18.2 Å². The van der Waals surface area contributed by atoms with Gasteiger partial charge in [0, 0.05) is 37.9 Å². The summed E-state index contributed by atoms with van der Waals surface area (Å²) < 4.78 is 5.35. The van der Waals surface area contributed by atoms with Crippen LogP contribution < -0.4 is 10.1 Å². The number of benzene rings is 1. The second-order valence-electron chi connectivity index (χ2n) is 6.02. The van der Waals surface area contributed by atoms with Gasteiger partial charge in [0.15, 0.2) is 0 Å². The molecule has 1 aliphatic heterocycles. The van der Waals surface area contributed by atoms with Crippen molar-refractivity contribution in [3.05, 3.63) is 54.4 Å². The van der Waals surface area contributed by atoms with E-state index < -0.39 is 0 Å². The van der Waals surface area contributed by atoms with Gasteiger partial charge in [-0.3, -0.25) is 9.78 Å². The third kappa shape index (κ3) is 4.04. The number of rotatable bonds is 6. The van der Waals surface area contributed by atoms with Gasteiger partial charge in [-0.05, 0) is 36.6 Å². The van der Waals surface area contributed by atoms with E-state index in [1.54, 1.807) is 13.3 Å². The molecule has 1 aliphatic rings. The van der Waals surface area contributed by atoms with E-state index in [1.165, 1.54) is 0 Å². The Morgan fingerprint density at radius 2 is 2.21 bits per heavy atom. The SMILES string of the molecule is COc1ccccc1CCC(=O)N1CCC(Nc2cccnc2)C1. The Morgan fingerprint density at radius 3 is 3.00 bits per heavy atom. The van der Waals surface area contributed by atoms with Gasteiger partial charge in [0.2, 0.25) is 5.91 Å². The molecule has 1 atom stereocenters. The van der Waals surface area contributed by atoms with E-state index in [2.05, 4.69) is 10.3 Å². The van der Waals surface area contributed by atoms with E-state index in [0.717, 1.165) is 36.5 Å². The largest absolute Gasteiger partial charge is 0.496 e. The predicted molar refractivity (Wildman–Crippen MR) is 94.2 cm³/mol. The molecular weight excluding hydrogens is 302 g/mol. The number of carbonyl (C=O) groups excluding carboxylic acids is 1. The molecule has 3 rings (SSSR count). The fourth-order valence-electron chi connectivity index (χ4n) is 3.10. The van der Waals surface area contributed by atoms with Crippen LogP contribution in [0.2, 0.25) is 0 Å². The summed E-state index contributed by atoms with van der Waals surface area (Å²) in [7, 11) is 1.66. The van der Waals surface area contributed by atoms with Gasteiger partial charge >= 0.3 is 0 Å². The Kier molecular flexibility index (Phi) is 5.31. The maximum Gasteiger partial charge on any atom is 0.222 e. The summed E-state index contributed by atoms with van der Waals surface area (Å²) in [5.74, 6) is 1.05. The number of nitrogens with one attached hydrogen (secondary N) is 1. The van der Waals surface area contributed by atoms with Crippen LogP contribution in [0.4, 0.5) is 5.69 Å². The number of aromatic nitrogens is 1.